The SMILES string of the molecule is COC(=O)CC(C(=O)OC)C(=O)C1CCCCCC1. The lowest BCUT2D eigenvalue weighted by atomic mass is 9.86. The molecule has 0 saturated heterocycles. The second kappa shape index (κ2) is 7.92. The van der Waals surface area contributed by atoms with Crippen molar-refractivity contribution in [1.82, 2.24) is 0 Å². The number of hydrogen-bond donors (Lipinski definition) is 0. The largest absolute Gasteiger partial charge is 0.469 e. The quantitative estimate of drug-likeness (QED) is 0.433. The summed E-state index contributed by atoms with van der Waals surface area (Å²) in [5.74, 6) is -2.51. The van der Waals surface area contributed by atoms with Gasteiger partial charge in [0.15, 0.2) is 5.78 Å². The maximum Gasteiger partial charge on any atom is 0.316 e. The Labute approximate surface area is 113 Å². The Kier molecular flexibility index (Phi) is 6.53. The number of ether oxygens (including phenoxy) is 2. The van der Waals surface area contributed by atoms with Crippen molar-refractivity contribution in [1.29, 1.82) is 0 Å². The van der Waals surface area contributed by atoms with Crippen LogP contribution in [0.1, 0.15) is 44.9 Å². The van der Waals surface area contributed by atoms with Crippen molar-refractivity contribution in [3.63, 3.8) is 0 Å². The molecule has 1 saturated carbocycles. The molecule has 1 fully saturated rings. The van der Waals surface area contributed by atoms with Crippen molar-refractivity contribution in [2.45, 2.75) is 44.9 Å². The van der Waals surface area contributed by atoms with Crippen molar-refractivity contribution in [3.8, 4) is 0 Å². The lowest BCUT2D eigenvalue weighted by Crippen LogP contribution is -2.33. The maximum absolute atomic E-state index is 12.4. The van der Waals surface area contributed by atoms with Gasteiger partial charge in [0.2, 0.25) is 0 Å². The third-order valence-corrected chi connectivity index (χ3v) is 3.69. The number of hydrogen-bond acceptors (Lipinski definition) is 5. The summed E-state index contributed by atoms with van der Waals surface area (Å²) >= 11 is 0. The van der Waals surface area contributed by atoms with Crippen LogP contribution in [0.15, 0.2) is 0 Å². The van der Waals surface area contributed by atoms with E-state index < -0.39 is 17.9 Å². The average molecular weight is 270 g/mol. The van der Waals surface area contributed by atoms with Crippen molar-refractivity contribution in [2.75, 3.05) is 14.2 Å². The van der Waals surface area contributed by atoms with Gasteiger partial charge >= 0.3 is 11.9 Å². The van der Waals surface area contributed by atoms with Crippen LogP contribution in [0.4, 0.5) is 0 Å². The summed E-state index contributed by atoms with van der Waals surface area (Å²) in [7, 11) is 2.47. The zero-order valence-corrected chi connectivity index (χ0v) is 11.6. The highest BCUT2D eigenvalue weighted by Crippen LogP contribution is 2.27. The number of Topliss-reactive ketones (excluding diaryl/α,β-unsaturated/α-hetero) is 1. The van der Waals surface area contributed by atoms with E-state index in [4.69, 9.17) is 0 Å². The Morgan fingerprint density at radius 2 is 1.58 bits per heavy atom. The maximum atomic E-state index is 12.4. The molecule has 1 rings (SSSR count). The molecular weight excluding hydrogens is 248 g/mol. The summed E-state index contributed by atoms with van der Waals surface area (Å²) in [6, 6.07) is 0. The zero-order chi connectivity index (χ0) is 14.3. The first-order valence-corrected chi connectivity index (χ1v) is 6.78. The molecule has 1 aliphatic carbocycles. The Balaban J connectivity index is 2.74. The first-order valence-electron chi connectivity index (χ1n) is 6.78. The van der Waals surface area contributed by atoms with Crippen LogP contribution in [-0.4, -0.2) is 31.9 Å². The van der Waals surface area contributed by atoms with Crippen molar-refractivity contribution >= 4 is 17.7 Å². The topological polar surface area (TPSA) is 69.7 Å². The fourth-order valence-electron chi connectivity index (χ4n) is 2.54. The zero-order valence-electron chi connectivity index (χ0n) is 11.6. The minimum atomic E-state index is -1.01. The molecule has 0 aromatic rings. The van der Waals surface area contributed by atoms with Crippen LogP contribution in [0.3, 0.4) is 0 Å². The van der Waals surface area contributed by atoms with Gasteiger partial charge in [-0.25, -0.2) is 0 Å². The molecule has 0 aromatic heterocycles. The van der Waals surface area contributed by atoms with E-state index in [1.165, 1.54) is 14.2 Å². The van der Waals surface area contributed by atoms with E-state index in [-0.39, 0.29) is 18.1 Å². The summed E-state index contributed by atoms with van der Waals surface area (Å²) in [6.45, 7) is 0. The van der Waals surface area contributed by atoms with Crippen LogP contribution >= 0.6 is 0 Å². The third kappa shape index (κ3) is 4.65. The van der Waals surface area contributed by atoms with Crippen molar-refractivity contribution in [3.05, 3.63) is 0 Å². The molecule has 0 aromatic carbocycles. The first kappa shape index (κ1) is 15.7. The number of esters is 2. The van der Waals surface area contributed by atoms with Gasteiger partial charge in [-0.1, -0.05) is 25.7 Å². The summed E-state index contributed by atoms with van der Waals surface area (Å²) in [5.41, 5.74) is 0. The average Bonchev–Trinajstić information content (AvgIpc) is 2.71. The predicted molar refractivity (Wildman–Crippen MR) is 68.3 cm³/mol. The van der Waals surface area contributed by atoms with Crippen molar-refractivity contribution in [2.24, 2.45) is 11.8 Å². The van der Waals surface area contributed by atoms with Crippen LogP contribution in [0.5, 0.6) is 0 Å². The lowest BCUT2D eigenvalue weighted by molar-refractivity contribution is -0.156. The molecule has 1 unspecified atom stereocenters. The molecule has 5 nitrogen and oxygen atoms in total. The molecule has 0 heterocycles. The molecule has 0 aliphatic heterocycles. The fourth-order valence-corrected chi connectivity index (χ4v) is 2.54. The van der Waals surface area contributed by atoms with E-state index in [2.05, 4.69) is 9.47 Å². The second-order valence-electron chi connectivity index (χ2n) is 4.95. The van der Waals surface area contributed by atoms with Crippen LogP contribution < -0.4 is 0 Å². The third-order valence-electron chi connectivity index (χ3n) is 3.69. The molecule has 0 radical (unpaired) electrons. The molecule has 0 spiro atoms. The number of ketones is 1. The van der Waals surface area contributed by atoms with E-state index in [0.717, 1.165) is 38.5 Å². The number of methoxy groups -OCH3 is 2. The van der Waals surface area contributed by atoms with Gasteiger partial charge in [0.1, 0.15) is 5.92 Å². The molecular formula is C14H22O5. The first-order chi connectivity index (χ1) is 9.10. The minimum Gasteiger partial charge on any atom is -0.469 e. The van der Waals surface area contributed by atoms with Gasteiger partial charge in [-0.05, 0) is 12.8 Å². The van der Waals surface area contributed by atoms with Crippen LogP contribution in [0.25, 0.3) is 0 Å². The number of carbonyl (C=O) groups is 3. The highest BCUT2D eigenvalue weighted by molar-refractivity contribution is 6.02. The highest BCUT2D eigenvalue weighted by atomic mass is 16.5. The van der Waals surface area contributed by atoms with Gasteiger partial charge in [-0.15, -0.1) is 0 Å². The van der Waals surface area contributed by atoms with E-state index in [9.17, 15) is 14.4 Å². The van der Waals surface area contributed by atoms with Crippen LogP contribution in [0, 0.1) is 11.8 Å². The molecule has 108 valence electrons. The smallest absolute Gasteiger partial charge is 0.316 e. The summed E-state index contributed by atoms with van der Waals surface area (Å²) in [5, 5.41) is 0. The number of carbonyl (C=O) groups excluding carboxylic acids is 3. The van der Waals surface area contributed by atoms with Gasteiger partial charge in [-0.3, -0.25) is 14.4 Å². The molecule has 1 atom stereocenters. The van der Waals surface area contributed by atoms with Gasteiger partial charge in [0.05, 0.1) is 20.6 Å². The summed E-state index contributed by atoms with van der Waals surface area (Å²) in [6.07, 6.45) is 5.64. The monoisotopic (exact) mass is 270 g/mol. The van der Waals surface area contributed by atoms with E-state index >= 15 is 0 Å². The van der Waals surface area contributed by atoms with Gasteiger partial charge < -0.3 is 9.47 Å². The Bertz CT molecular complexity index is 329. The lowest BCUT2D eigenvalue weighted by Gasteiger charge is -2.18. The van der Waals surface area contributed by atoms with E-state index in [0.29, 0.717) is 0 Å². The Morgan fingerprint density at radius 1 is 1.00 bits per heavy atom. The molecule has 0 amide bonds. The summed E-state index contributed by atoms with van der Waals surface area (Å²) in [4.78, 5) is 35.4. The van der Waals surface area contributed by atoms with E-state index in [1.54, 1.807) is 0 Å². The fraction of sp³-hybridized carbons (Fsp3) is 0.786. The minimum absolute atomic E-state index is 0.128. The van der Waals surface area contributed by atoms with E-state index in [1.807, 2.05) is 0 Å². The molecule has 19 heavy (non-hydrogen) atoms. The molecule has 0 bridgehead atoms. The number of rotatable bonds is 5. The molecule has 1 aliphatic rings. The second-order valence-corrected chi connectivity index (χ2v) is 4.95. The van der Waals surface area contributed by atoms with Gasteiger partial charge in [-0.2, -0.15) is 0 Å². The van der Waals surface area contributed by atoms with Gasteiger partial charge in [0.25, 0.3) is 0 Å². The normalized spacial score (nSPS) is 18.2. The molecule has 5 heteroatoms. The van der Waals surface area contributed by atoms with Gasteiger partial charge in [0, 0.05) is 5.92 Å². The standard InChI is InChI=1S/C14H22O5/c1-18-12(15)9-11(14(17)19-2)13(16)10-7-5-3-4-6-8-10/h10-11H,3-9H2,1-2H3. The Morgan fingerprint density at radius 3 is 2.05 bits per heavy atom. The molecule has 0 N–H and O–H groups in total. The van der Waals surface area contributed by atoms with Crippen molar-refractivity contribution < 1.29 is 23.9 Å². The highest BCUT2D eigenvalue weighted by Gasteiger charge is 2.35. The van der Waals surface area contributed by atoms with Crippen LogP contribution in [0.2, 0.25) is 0 Å². The Hall–Kier alpha value is -1.39. The van der Waals surface area contributed by atoms with Crippen LogP contribution in [-0.2, 0) is 23.9 Å². The predicted octanol–water partition coefficient (Wildman–Crippen LogP) is 1.88. The summed E-state index contributed by atoms with van der Waals surface area (Å²) < 4.78 is 9.17.